The molecule has 2 heterocycles. The van der Waals surface area contributed by atoms with Crippen molar-refractivity contribution in [2.24, 2.45) is 11.8 Å². The number of sulfonamides is 1. The van der Waals surface area contributed by atoms with Crippen molar-refractivity contribution in [3.8, 4) is 0 Å². The molecule has 5 rings (SSSR count). The highest BCUT2D eigenvalue weighted by atomic mass is 32.2. The number of hydrogen-bond donors (Lipinski definition) is 1. The molecule has 0 unspecified atom stereocenters. The number of hydrogen-bond acceptors (Lipinski definition) is 4. The highest BCUT2D eigenvalue weighted by Gasteiger charge is 2.37. The van der Waals surface area contributed by atoms with Crippen molar-refractivity contribution in [2.45, 2.75) is 101 Å². The number of nitrogens with zero attached hydrogens (tertiary/aromatic N) is 3. The lowest BCUT2D eigenvalue weighted by Crippen LogP contribution is -2.38. The zero-order valence-electron chi connectivity index (χ0n) is 22.0. The van der Waals surface area contributed by atoms with Crippen LogP contribution in [0.5, 0.6) is 0 Å². The molecule has 37 heavy (non-hydrogen) atoms. The Bertz CT molecular complexity index is 1270. The summed E-state index contributed by atoms with van der Waals surface area (Å²) in [6, 6.07) is 4.88. The Kier molecular flexibility index (Phi) is 6.88. The van der Waals surface area contributed by atoms with Gasteiger partial charge in [0.1, 0.15) is 5.82 Å². The molecule has 2 saturated carbocycles. The summed E-state index contributed by atoms with van der Waals surface area (Å²) in [5, 5.41) is 3.00. The Morgan fingerprint density at radius 1 is 1.11 bits per heavy atom. The molecule has 1 saturated heterocycles. The van der Waals surface area contributed by atoms with Gasteiger partial charge in [-0.15, -0.1) is 0 Å². The molecule has 0 bridgehead atoms. The van der Waals surface area contributed by atoms with E-state index in [-0.39, 0.29) is 47.6 Å². The molecule has 7 nitrogen and oxygen atoms in total. The van der Waals surface area contributed by atoms with Gasteiger partial charge in [-0.05, 0) is 62.1 Å². The molecular weight excluding hydrogens is 498 g/mol. The zero-order chi connectivity index (χ0) is 26.6. The minimum atomic E-state index is -3.74. The minimum absolute atomic E-state index is 0.00935. The Balaban J connectivity index is 1.35. The van der Waals surface area contributed by atoms with Gasteiger partial charge in [0.25, 0.3) is 0 Å². The Labute approximate surface area is 218 Å². The van der Waals surface area contributed by atoms with Crippen molar-refractivity contribution >= 4 is 27.0 Å². The van der Waals surface area contributed by atoms with Gasteiger partial charge in [0.15, 0.2) is 0 Å². The molecule has 204 valence electrons. The van der Waals surface area contributed by atoms with E-state index < -0.39 is 15.9 Å². The molecule has 1 aliphatic heterocycles. The van der Waals surface area contributed by atoms with Crippen LogP contribution in [0.4, 0.5) is 8.78 Å². The van der Waals surface area contributed by atoms with Crippen LogP contribution in [0, 0.1) is 11.8 Å². The van der Waals surface area contributed by atoms with Crippen LogP contribution in [0.3, 0.4) is 0 Å². The second kappa shape index (κ2) is 9.59. The highest BCUT2D eigenvalue weighted by molar-refractivity contribution is 7.89. The average molecular weight is 537 g/mol. The first-order valence-corrected chi connectivity index (χ1v) is 14.9. The smallest absolute Gasteiger partial charge is 0.248 e. The fourth-order valence-electron chi connectivity index (χ4n) is 5.65. The highest BCUT2D eigenvalue weighted by Crippen LogP contribution is 2.38. The summed E-state index contributed by atoms with van der Waals surface area (Å²) >= 11 is 0. The molecule has 2 aliphatic carbocycles. The molecule has 0 spiro atoms. The van der Waals surface area contributed by atoms with Crippen LogP contribution in [-0.2, 0) is 26.8 Å². The van der Waals surface area contributed by atoms with Gasteiger partial charge in [-0.25, -0.2) is 22.2 Å². The van der Waals surface area contributed by atoms with E-state index >= 15 is 0 Å². The monoisotopic (exact) mass is 536 g/mol. The van der Waals surface area contributed by atoms with E-state index in [9.17, 15) is 22.0 Å². The van der Waals surface area contributed by atoms with E-state index in [2.05, 4.69) is 30.7 Å². The summed E-state index contributed by atoms with van der Waals surface area (Å²) in [5.41, 5.74) is 1.13. The number of imidazole rings is 1. The van der Waals surface area contributed by atoms with Crippen molar-refractivity contribution in [1.29, 1.82) is 0 Å². The van der Waals surface area contributed by atoms with Crippen molar-refractivity contribution in [2.75, 3.05) is 13.1 Å². The number of benzene rings is 1. The summed E-state index contributed by atoms with van der Waals surface area (Å²) in [6.45, 7) is 7.39. The summed E-state index contributed by atoms with van der Waals surface area (Å²) < 4.78 is 57.9. The van der Waals surface area contributed by atoms with E-state index in [4.69, 9.17) is 4.98 Å². The van der Waals surface area contributed by atoms with Crippen molar-refractivity contribution in [3.05, 3.63) is 24.0 Å². The molecule has 3 aliphatic rings. The van der Waals surface area contributed by atoms with Crippen LogP contribution in [0.25, 0.3) is 11.0 Å². The largest absolute Gasteiger partial charge is 0.352 e. The third kappa shape index (κ3) is 5.85. The maximum atomic E-state index is 13.7. The van der Waals surface area contributed by atoms with Crippen LogP contribution < -0.4 is 5.32 Å². The Morgan fingerprint density at radius 3 is 2.46 bits per heavy atom. The Hall–Kier alpha value is -2.07. The average Bonchev–Trinajstić information content (AvgIpc) is 3.35. The molecule has 1 amide bonds. The predicted octanol–water partition coefficient (Wildman–Crippen LogP) is 4.84. The first-order valence-electron chi connectivity index (χ1n) is 13.5. The van der Waals surface area contributed by atoms with Crippen LogP contribution in [-0.4, -0.2) is 53.2 Å². The number of carbonyl (C=O) groups excluding carboxylic acids is 1. The van der Waals surface area contributed by atoms with E-state index in [0.717, 1.165) is 24.2 Å². The fraction of sp³-hybridized carbons (Fsp3) is 0.704. The second-order valence-corrected chi connectivity index (χ2v) is 14.2. The number of amides is 1. The van der Waals surface area contributed by atoms with Gasteiger partial charge in [-0.1, -0.05) is 20.8 Å². The van der Waals surface area contributed by atoms with E-state index in [1.807, 2.05) is 0 Å². The van der Waals surface area contributed by atoms with Crippen LogP contribution in [0.15, 0.2) is 23.1 Å². The fourth-order valence-corrected chi connectivity index (χ4v) is 7.17. The third-order valence-corrected chi connectivity index (χ3v) is 9.85. The summed E-state index contributed by atoms with van der Waals surface area (Å²) in [7, 11) is -3.74. The molecule has 1 N–H and O–H groups in total. The topological polar surface area (TPSA) is 84.3 Å². The van der Waals surface area contributed by atoms with Crippen LogP contribution in [0.2, 0.25) is 0 Å². The number of alkyl halides is 2. The maximum absolute atomic E-state index is 13.7. The molecule has 1 atom stereocenters. The Morgan fingerprint density at radius 2 is 1.81 bits per heavy atom. The SMILES string of the molecule is CC(C)(C)c1nc2cc(S(=O)(=O)N3CC[C@H](NC(=O)CC4CC4)C3)ccc2n1CC1CCC(F)(F)CC1. The van der Waals surface area contributed by atoms with Gasteiger partial charge in [-0.3, -0.25) is 4.79 Å². The van der Waals surface area contributed by atoms with Gasteiger partial charge >= 0.3 is 0 Å². The van der Waals surface area contributed by atoms with Gasteiger partial charge in [0.05, 0.1) is 15.9 Å². The number of rotatable bonds is 7. The van der Waals surface area contributed by atoms with E-state index in [1.54, 1.807) is 18.2 Å². The van der Waals surface area contributed by atoms with Crippen molar-refractivity contribution in [1.82, 2.24) is 19.2 Å². The second-order valence-electron chi connectivity index (χ2n) is 12.3. The van der Waals surface area contributed by atoms with Gasteiger partial charge in [0, 0.05) is 50.4 Å². The van der Waals surface area contributed by atoms with Crippen LogP contribution in [0.1, 0.15) is 78.0 Å². The summed E-state index contributed by atoms with van der Waals surface area (Å²) in [4.78, 5) is 17.2. The summed E-state index contributed by atoms with van der Waals surface area (Å²) in [6.07, 6.45) is 4.09. The summed E-state index contributed by atoms with van der Waals surface area (Å²) in [5.74, 6) is -1.11. The number of aromatic nitrogens is 2. The minimum Gasteiger partial charge on any atom is -0.352 e. The molecule has 1 aromatic carbocycles. The van der Waals surface area contributed by atoms with E-state index in [0.29, 0.717) is 50.2 Å². The van der Waals surface area contributed by atoms with Crippen LogP contribution >= 0.6 is 0 Å². The zero-order valence-corrected chi connectivity index (χ0v) is 22.8. The number of fused-ring (bicyclic) bond motifs is 1. The lowest BCUT2D eigenvalue weighted by molar-refractivity contribution is -0.122. The van der Waals surface area contributed by atoms with Gasteiger partial charge < -0.3 is 9.88 Å². The molecule has 10 heteroatoms. The first-order chi connectivity index (χ1) is 17.3. The first kappa shape index (κ1) is 26.5. The normalized spacial score (nSPS) is 23.5. The van der Waals surface area contributed by atoms with E-state index in [1.165, 1.54) is 4.31 Å². The van der Waals surface area contributed by atoms with Crippen molar-refractivity contribution < 1.29 is 22.0 Å². The number of carbonyl (C=O) groups is 1. The predicted molar refractivity (Wildman–Crippen MR) is 138 cm³/mol. The molecule has 2 aromatic rings. The third-order valence-electron chi connectivity index (χ3n) is 7.99. The molecule has 1 aromatic heterocycles. The van der Waals surface area contributed by atoms with Gasteiger partial charge in [-0.2, -0.15) is 4.31 Å². The van der Waals surface area contributed by atoms with Crippen molar-refractivity contribution in [3.63, 3.8) is 0 Å². The number of nitrogens with one attached hydrogen (secondary N) is 1. The molecule has 3 fully saturated rings. The van der Waals surface area contributed by atoms with Gasteiger partial charge in [0.2, 0.25) is 21.9 Å². The lowest BCUT2D eigenvalue weighted by Gasteiger charge is -2.30. The standard InChI is InChI=1S/C27H38F2N4O3S/c1-26(2,3)25-31-22-15-21(6-7-23(22)33(25)16-19-8-11-27(28,29)12-9-19)37(35,36)32-13-10-20(17-32)30-24(34)14-18-4-5-18/h6-7,15,18-20H,4-5,8-14,16-17H2,1-3H3,(H,30,34)/t20-/m0/s1. The molecule has 0 radical (unpaired) electrons. The molecular formula is C27H38F2N4O3S. The quantitative estimate of drug-likeness (QED) is 0.549. The maximum Gasteiger partial charge on any atom is 0.248 e. The lowest BCUT2D eigenvalue weighted by atomic mass is 9.86. The number of halogens is 2.